The monoisotopic (exact) mass is 331 g/mol. The zero-order chi connectivity index (χ0) is 15.5. The lowest BCUT2D eigenvalue weighted by molar-refractivity contribution is -0.142. The van der Waals surface area contributed by atoms with Gasteiger partial charge in [-0.15, -0.1) is 0 Å². The van der Waals surface area contributed by atoms with Gasteiger partial charge in [-0.3, -0.25) is 4.79 Å². The maximum Gasteiger partial charge on any atom is 0.306 e. The van der Waals surface area contributed by atoms with Gasteiger partial charge in [-0.2, -0.15) is 0 Å². The highest BCUT2D eigenvalue weighted by Crippen LogP contribution is 2.20. The summed E-state index contributed by atoms with van der Waals surface area (Å²) in [4.78, 5) is 10.9. The van der Waals surface area contributed by atoms with Crippen molar-refractivity contribution in [1.82, 2.24) is 4.31 Å². The quantitative estimate of drug-likeness (QED) is 0.895. The van der Waals surface area contributed by atoms with Crippen LogP contribution in [0.5, 0.6) is 0 Å². The number of nitrogens with zero attached hydrogens (tertiary/aromatic N) is 1. The Labute approximate surface area is 129 Å². The molecular weight excluding hydrogens is 314 g/mol. The minimum Gasteiger partial charge on any atom is -0.481 e. The Morgan fingerprint density at radius 2 is 2.00 bits per heavy atom. The number of hydrogen-bond acceptors (Lipinski definition) is 3. The topological polar surface area (TPSA) is 74.7 Å². The minimum atomic E-state index is -3.35. The number of benzene rings is 1. The normalized spacial score (nSPS) is 17.8. The Bertz CT molecular complexity index is 609. The summed E-state index contributed by atoms with van der Waals surface area (Å²) < 4.78 is 25.9. The number of sulfonamides is 1. The first-order chi connectivity index (χ1) is 9.88. The number of rotatable bonds is 5. The van der Waals surface area contributed by atoms with E-state index in [1.807, 2.05) is 6.07 Å². The van der Waals surface area contributed by atoms with E-state index in [1.54, 1.807) is 18.2 Å². The van der Waals surface area contributed by atoms with Gasteiger partial charge in [0.2, 0.25) is 10.0 Å². The molecular formula is C14H18ClNO4S. The summed E-state index contributed by atoms with van der Waals surface area (Å²) in [5.41, 5.74) is 0.881. The first-order valence-corrected chi connectivity index (χ1v) is 8.82. The van der Waals surface area contributed by atoms with Gasteiger partial charge in [0.15, 0.2) is 0 Å². The van der Waals surface area contributed by atoms with Crippen molar-refractivity contribution in [3.05, 3.63) is 34.9 Å². The number of halogens is 1. The van der Waals surface area contributed by atoms with Crippen molar-refractivity contribution in [2.75, 3.05) is 18.8 Å². The van der Waals surface area contributed by atoms with E-state index in [9.17, 15) is 13.2 Å². The molecule has 0 unspecified atom stereocenters. The third-order valence-electron chi connectivity index (χ3n) is 3.73. The van der Waals surface area contributed by atoms with Crippen molar-refractivity contribution in [1.29, 1.82) is 0 Å². The number of aryl methyl sites for hydroxylation is 1. The molecule has 2 rings (SSSR count). The van der Waals surface area contributed by atoms with Crippen molar-refractivity contribution in [2.24, 2.45) is 5.92 Å². The van der Waals surface area contributed by atoms with E-state index in [0.29, 0.717) is 24.3 Å². The molecule has 0 amide bonds. The molecule has 1 aromatic rings. The first-order valence-electron chi connectivity index (χ1n) is 6.83. The van der Waals surface area contributed by atoms with Crippen LogP contribution < -0.4 is 0 Å². The second-order valence-corrected chi connectivity index (χ2v) is 7.73. The summed E-state index contributed by atoms with van der Waals surface area (Å²) >= 11 is 5.87. The average Bonchev–Trinajstić information content (AvgIpc) is 2.45. The van der Waals surface area contributed by atoms with Crippen LogP contribution in [0.25, 0.3) is 0 Å². The molecule has 0 saturated carbocycles. The number of piperidine rings is 1. The zero-order valence-corrected chi connectivity index (χ0v) is 13.1. The summed E-state index contributed by atoms with van der Waals surface area (Å²) in [6, 6.07) is 7.14. The predicted octanol–water partition coefficient (Wildman–Crippen LogP) is 2.01. The average molecular weight is 332 g/mol. The van der Waals surface area contributed by atoms with Crippen molar-refractivity contribution in [3.63, 3.8) is 0 Å². The van der Waals surface area contributed by atoms with Gasteiger partial charge in [0.05, 0.1) is 11.7 Å². The standard InChI is InChI=1S/C14H18ClNO4S/c15-13-3-1-2-11(10-13)6-9-21(19,20)16-7-4-12(5-8-16)14(17)18/h1-3,10,12H,4-9H2,(H,17,18). The smallest absolute Gasteiger partial charge is 0.306 e. The number of carboxylic acids is 1. The fourth-order valence-corrected chi connectivity index (χ4v) is 4.18. The van der Waals surface area contributed by atoms with Gasteiger partial charge in [0, 0.05) is 18.1 Å². The number of aliphatic carboxylic acids is 1. The molecule has 0 radical (unpaired) electrons. The molecule has 1 aromatic carbocycles. The summed E-state index contributed by atoms with van der Waals surface area (Å²) in [5, 5.41) is 9.51. The number of carbonyl (C=O) groups is 1. The van der Waals surface area contributed by atoms with Crippen LogP contribution in [0.3, 0.4) is 0 Å². The van der Waals surface area contributed by atoms with Crippen LogP contribution in [-0.2, 0) is 21.2 Å². The van der Waals surface area contributed by atoms with Crippen LogP contribution in [0.2, 0.25) is 5.02 Å². The van der Waals surface area contributed by atoms with Crippen LogP contribution in [0.4, 0.5) is 0 Å². The van der Waals surface area contributed by atoms with E-state index < -0.39 is 21.9 Å². The second-order valence-electron chi connectivity index (χ2n) is 5.21. The lowest BCUT2D eigenvalue weighted by Crippen LogP contribution is -2.41. The largest absolute Gasteiger partial charge is 0.481 e. The molecule has 7 heteroatoms. The number of hydrogen-bond donors (Lipinski definition) is 1. The van der Waals surface area contributed by atoms with E-state index in [1.165, 1.54) is 4.31 Å². The first kappa shape index (κ1) is 16.3. The SMILES string of the molecule is O=C(O)C1CCN(S(=O)(=O)CCc2cccc(Cl)c2)CC1. The summed E-state index contributed by atoms with van der Waals surface area (Å²) in [5.74, 6) is -1.25. The maximum absolute atomic E-state index is 12.3. The molecule has 0 aliphatic carbocycles. The van der Waals surface area contributed by atoms with Gasteiger partial charge in [-0.05, 0) is 37.0 Å². The molecule has 21 heavy (non-hydrogen) atoms. The highest BCUT2D eigenvalue weighted by atomic mass is 35.5. The van der Waals surface area contributed by atoms with E-state index in [2.05, 4.69) is 0 Å². The number of carboxylic acid groups (broad SMARTS) is 1. The van der Waals surface area contributed by atoms with Gasteiger partial charge in [-0.1, -0.05) is 23.7 Å². The Morgan fingerprint density at radius 1 is 1.33 bits per heavy atom. The van der Waals surface area contributed by atoms with Gasteiger partial charge in [0.1, 0.15) is 0 Å². The van der Waals surface area contributed by atoms with Gasteiger partial charge in [0.25, 0.3) is 0 Å². The Hall–Kier alpha value is -1.11. The molecule has 0 atom stereocenters. The van der Waals surface area contributed by atoms with E-state index in [0.717, 1.165) is 5.56 Å². The highest BCUT2D eigenvalue weighted by molar-refractivity contribution is 7.89. The molecule has 5 nitrogen and oxygen atoms in total. The second kappa shape index (κ2) is 6.77. The van der Waals surface area contributed by atoms with Crippen molar-refractivity contribution in [3.8, 4) is 0 Å². The third-order valence-corrected chi connectivity index (χ3v) is 5.84. The van der Waals surface area contributed by atoms with Gasteiger partial charge in [-0.25, -0.2) is 12.7 Å². The van der Waals surface area contributed by atoms with Crippen LogP contribution in [-0.4, -0.2) is 42.6 Å². The Balaban J connectivity index is 1.92. The summed E-state index contributed by atoms with van der Waals surface area (Å²) in [6.07, 6.45) is 1.17. The van der Waals surface area contributed by atoms with Crippen LogP contribution in [0.1, 0.15) is 18.4 Å². The lowest BCUT2D eigenvalue weighted by Gasteiger charge is -2.29. The molecule has 1 saturated heterocycles. The molecule has 1 aliphatic heterocycles. The molecule has 0 spiro atoms. The van der Waals surface area contributed by atoms with Gasteiger partial charge >= 0.3 is 5.97 Å². The molecule has 116 valence electrons. The third kappa shape index (κ3) is 4.43. The summed E-state index contributed by atoms with van der Waals surface area (Å²) in [6.45, 7) is 0.573. The van der Waals surface area contributed by atoms with Crippen molar-refractivity contribution in [2.45, 2.75) is 19.3 Å². The zero-order valence-electron chi connectivity index (χ0n) is 11.5. The van der Waals surface area contributed by atoms with Crippen molar-refractivity contribution >= 4 is 27.6 Å². The molecule has 1 N–H and O–H groups in total. The molecule has 0 aromatic heterocycles. The lowest BCUT2D eigenvalue weighted by atomic mass is 9.99. The Kier molecular flexibility index (Phi) is 5.24. The van der Waals surface area contributed by atoms with E-state index >= 15 is 0 Å². The van der Waals surface area contributed by atoms with Gasteiger partial charge < -0.3 is 5.11 Å². The highest BCUT2D eigenvalue weighted by Gasteiger charge is 2.30. The minimum absolute atomic E-state index is 0.0189. The molecule has 1 heterocycles. The fraction of sp³-hybridized carbons (Fsp3) is 0.500. The van der Waals surface area contributed by atoms with Crippen molar-refractivity contribution < 1.29 is 18.3 Å². The van der Waals surface area contributed by atoms with Crippen LogP contribution in [0.15, 0.2) is 24.3 Å². The summed E-state index contributed by atoms with van der Waals surface area (Å²) in [7, 11) is -3.35. The van der Waals surface area contributed by atoms with Crippen LogP contribution >= 0.6 is 11.6 Å². The predicted molar refractivity (Wildman–Crippen MR) is 80.9 cm³/mol. The molecule has 0 bridgehead atoms. The van der Waals surface area contributed by atoms with E-state index in [4.69, 9.17) is 16.7 Å². The molecule has 1 aliphatic rings. The Morgan fingerprint density at radius 3 is 2.57 bits per heavy atom. The van der Waals surface area contributed by atoms with Crippen LogP contribution in [0, 0.1) is 5.92 Å². The van der Waals surface area contributed by atoms with E-state index in [-0.39, 0.29) is 18.8 Å². The molecule has 1 fully saturated rings. The maximum atomic E-state index is 12.3. The fourth-order valence-electron chi connectivity index (χ4n) is 2.45.